The molecule has 0 aliphatic heterocycles. The first-order chi connectivity index (χ1) is 4.85. The van der Waals surface area contributed by atoms with E-state index in [1.807, 2.05) is 12.2 Å². The van der Waals surface area contributed by atoms with E-state index in [1.54, 1.807) is 0 Å². The van der Waals surface area contributed by atoms with Gasteiger partial charge in [-0.2, -0.15) is 0 Å². The highest BCUT2D eigenvalue weighted by atomic mass is 13.9. The van der Waals surface area contributed by atoms with Crippen molar-refractivity contribution < 1.29 is 0 Å². The molecule has 0 rings (SSSR count). The van der Waals surface area contributed by atoms with Gasteiger partial charge in [0.1, 0.15) is 0 Å². The Bertz CT molecular complexity index is 117. The number of hydrogen-bond acceptors (Lipinski definition) is 0. The fourth-order valence-electron chi connectivity index (χ4n) is 0.909. The van der Waals surface area contributed by atoms with Crippen LogP contribution in [0.3, 0.4) is 0 Å². The first-order valence-electron chi connectivity index (χ1n) is 3.74. The van der Waals surface area contributed by atoms with Crippen molar-refractivity contribution in [2.75, 3.05) is 0 Å². The molecule has 56 valence electrons. The minimum atomic E-state index is 1.000. The van der Waals surface area contributed by atoms with Crippen LogP contribution in [0.4, 0.5) is 0 Å². The standard InChI is InChI=1S/C10H16/c1-4-7-10(8-5-2)9-6-3/h4-5,9H,1-2,6-8H2,3H3. The van der Waals surface area contributed by atoms with Crippen LogP contribution in [0, 0.1) is 0 Å². The van der Waals surface area contributed by atoms with Crippen LogP contribution in [0.1, 0.15) is 26.2 Å². The zero-order valence-corrected chi connectivity index (χ0v) is 6.77. The van der Waals surface area contributed by atoms with Gasteiger partial charge in [0.2, 0.25) is 0 Å². The summed E-state index contributed by atoms with van der Waals surface area (Å²) in [4.78, 5) is 0. The Balaban J connectivity index is 3.82. The average Bonchev–Trinajstić information content (AvgIpc) is 1.90. The van der Waals surface area contributed by atoms with Crippen LogP contribution >= 0.6 is 0 Å². The van der Waals surface area contributed by atoms with Gasteiger partial charge in [0.05, 0.1) is 0 Å². The molecule has 0 heterocycles. The number of hydrogen-bond donors (Lipinski definition) is 0. The van der Waals surface area contributed by atoms with Gasteiger partial charge in [-0.05, 0) is 19.3 Å². The molecule has 0 heteroatoms. The summed E-state index contributed by atoms with van der Waals surface area (Å²) < 4.78 is 0. The second-order valence-electron chi connectivity index (χ2n) is 2.26. The van der Waals surface area contributed by atoms with E-state index in [-0.39, 0.29) is 0 Å². The summed E-state index contributed by atoms with van der Waals surface area (Å²) >= 11 is 0. The van der Waals surface area contributed by atoms with Gasteiger partial charge >= 0.3 is 0 Å². The SMILES string of the molecule is C=CCC(=CCC)CC=C. The summed E-state index contributed by atoms with van der Waals surface area (Å²) in [5.74, 6) is 0. The lowest BCUT2D eigenvalue weighted by molar-refractivity contribution is 1.06. The van der Waals surface area contributed by atoms with E-state index >= 15 is 0 Å². The zero-order chi connectivity index (χ0) is 7.82. The molecule has 0 nitrogen and oxygen atoms in total. The topological polar surface area (TPSA) is 0 Å². The van der Waals surface area contributed by atoms with Gasteiger partial charge in [0, 0.05) is 0 Å². The van der Waals surface area contributed by atoms with E-state index in [9.17, 15) is 0 Å². The van der Waals surface area contributed by atoms with E-state index in [4.69, 9.17) is 0 Å². The van der Waals surface area contributed by atoms with Gasteiger partial charge in [0.25, 0.3) is 0 Å². The quantitative estimate of drug-likeness (QED) is 0.508. The normalized spacial score (nSPS) is 8.50. The van der Waals surface area contributed by atoms with Crippen molar-refractivity contribution in [2.24, 2.45) is 0 Å². The van der Waals surface area contributed by atoms with E-state index < -0.39 is 0 Å². The van der Waals surface area contributed by atoms with Crippen LogP contribution in [0.5, 0.6) is 0 Å². The fourth-order valence-corrected chi connectivity index (χ4v) is 0.909. The number of allylic oxidation sites excluding steroid dienone is 4. The second kappa shape index (κ2) is 6.34. The Morgan fingerprint density at radius 1 is 1.20 bits per heavy atom. The smallest absolute Gasteiger partial charge is 0.0138 e. The summed E-state index contributed by atoms with van der Waals surface area (Å²) in [5.41, 5.74) is 1.42. The van der Waals surface area contributed by atoms with Gasteiger partial charge < -0.3 is 0 Å². The van der Waals surface area contributed by atoms with E-state index in [2.05, 4.69) is 26.2 Å². The van der Waals surface area contributed by atoms with Crippen molar-refractivity contribution in [1.82, 2.24) is 0 Å². The molecule has 0 fully saturated rings. The summed E-state index contributed by atoms with van der Waals surface area (Å²) in [7, 11) is 0. The molecule has 0 unspecified atom stereocenters. The highest BCUT2D eigenvalue weighted by Crippen LogP contribution is 2.08. The second-order valence-corrected chi connectivity index (χ2v) is 2.26. The van der Waals surface area contributed by atoms with Crippen LogP contribution in [0.2, 0.25) is 0 Å². The molecule has 0 aliphatic carbocycles. The lowest BCUT2D eigenvalue weighted by atomic mass is 10.1. The molecular formula is C10H16. The van der Waals surface area contributed by atoms with Crippen LogP contribution < -0.4 is 0 Å². The molecule has 0 N–H and O–H groups in total. The lowest BCUT2D eigenvalue weighted by Crippen LogP contribution is -1.77. The van der Waals surface area contributed by atoms with Crippen LogP contribution in [-0.2, 0) is 0 Å². The molecule has 10 heavy (non-hydrogen) atoms. The highest BCUT2D eigenvalue weighted by molar-refractivity contribution is 5.09. The lowest BCUT2D eigenvalue weighted by Gasteiger charge is -1.97. The van der Waals surface area contributed by atoms with Gasteiger partial charge in [-0.15, -0.1) is 13.2 Å². The van der Waals surface area contributed by atoms with Crippen molar-refractivity contribution in [1.29, 1.82) is 0 Å². The zero-order valence-electron chi connectivity index (χ0n) is 6.77. The summed E-state index contributed by atoms with van der Waals surface area (Å²) in [5, 5.41) is 0. The molecule has 0 atom stereocenters. The number of rotatable bonds is 5. The van der Waals surface area contributed by atoms with Crippen LogP contribution in [0.15, 0.2) is 37.0 Å². The molecule has 0 saturated heterocycles. The van der Waals surface area contributed by atoms with E-state index in [0.29, 0.717) is 0 Å². The van der Waals surface area contributed by atoms with Gasteiger partial charge in [-0.1, -0.05) is 30.7 Å². The van der Waals surface area contributed by atoms with Crippen molar-refractivity contribution >= 4 is 0 Å². The average molecular weight is 136 g/mol. The Morgan fingerprint density at radius 3 is 2.00 bits per heavy atom. The van der Waals surface area contributed by atoms with E-state index in [1.165, 1.54) is 5.57 Å². The molecule has 0 spiro atoms. The minimum Gasteiger partial charge on any atom is -0.103 e. The third-order valence-electron chi connectivity index (χ3n) is 1.31. The highest BCUT2D eigenvalue weighted by Gasteiger charge is 1.88. The van der Waals surface area contributed by atoms with Crippen molar-refractivity contribution in [3.8, 4) is 0 Å². The molecule has 0 aromatic heterocycles. The first kappa shape index (κ1) is 9.22. The predicted molar refractivity (Wildman–Crippen MR) is 48.0 cm³/mol. The summed E-state index contributed by atoms with van der Waals surface area (Å²) in [6, 6.07) is 0. The molecule has 0 bridgehead atoms. The molecule has 0 aliphatic rings. The molecule has 0 amide bonds. The molecule has 0 radical (unpaired) electrons. The van der Waals surface area contributed by atoms with Crippen LogP contribution in [-0.4, -0.2) is 0 Å². The maximum Gasteiger partial charge on any atom is -0.0138 e. The Labute approximate surface area is 64.0 Å². The predicted octanol–water partition coefficient (Wildman–Crippen LogP) is 3.48. The Hall–Kier alpha value is -0.780. The molecule has 0 aromatic rings. The molecule has 0 saturated carbocycles. The summed E-state index contributed by atoms with van der Waals surface area (Å²) in [6.45, 7) is 9.52. The maximum atomic E-state index is 3.69. The monoisotopic (exact) mass is 136 g/mol. The van der Waals surface area contributed by atoms with Gasteiger partial charge in [-0.25, -0.2) is 0 Å². The van der Waals surface area contributed by atoms with E-state index in [0.717, 1.165) is 19.3 Å². The first-order valence-corrected chi connectivity index (χ1v) is 3.74. The largest absolute Gasteiger partial charge is 0.103 e. The summed E-state index contributed by atoms with van der Waals surface area (Å²) in [6.07, 6.45) is 9.22. The van der Waals surface area contributed by atoms with Crippen molar-refractivity contribution in [3.05, 3.63) is 37.0 Å². The Morgan fingerprint density at radius 2 is 1.70 bits per heavy atom. The van der Waals surface area contributed by atoms with Gasteiger partial charge in [0.15, 0.2) is 0 Å². The Kier molecular flexibility index (Phi) is 5.85. The fraction of sp³-hybridized carbons (Fsp3) is 0.400. The van der Waals surface area contributed by atoms with Crippen molar-refractivity contribution in [2.45, 2.75) is 26.2 Å². The maximum absolute atomic E-state index is 3.69. The third kappa shape index (κ3) is 4.13. The molecule has 0 aromatic carbocycles. The van der Waals surface area contributed by atoms with Crippen molar-refractivity contribution in [3.63, 3.8) is 0 Å². The molecular weight excluding hydrogens is 120 g/mol. The van der Waals surface area contributed by atoms with Gasteiger partial charge in [-0.3, -0.25) is 0 Å². The minimum absolute atomic E-state index is 1.000. The third-order valence-corrected chi connectivity index (χ3v) is 1.31. The van der Waals surface area contributed by atoms with Crippen LogP contribution in [0.25, 0.3) is 0 Å².